The van der Waals surface area contributed by atoms with E-state index in [1.165, 1.54) is 24.3 Å². The summed E-state index contributed by atoms with van der Waals surface area (Å²) in [5.74, 6) is 0.551. The molecule has 1 aromatic heterocycles. The highest BCUT2D eigenvalue weighted by atomic mass is 19.4. The minimum Gasteiger partial charge on any atom is -0.425 e. The molecule has 7 nitrogen and oxygen atoms in total. The molecule has 0 unspecified atom stereocenters. The van der Waals surface area contributed by atoms with Gasteiger partial charge in [-0.05, 0) is 18.6 Å². The predicted octanol–water partition coefficient (Wildman–Crippen LogP) is 3.53. The summed E-state index contributed by atoms with van der Waals surface area (Å²) in [4.78, 5) is 6.33. The molecule has 2 heterocycles. The summed E-state index contributed by atoms with van der Waals surface area (Å²) in [6.45, 7) is 1.90. The van der Waals surface area contributed by atoms with Crippen molar-refractivity contribution in [1.82, 2.24) is 9.55 Å². The fourth-order valence-electron chi connectivity index (χ4n) is 2.76. The van der Waals surface area contributed by atoms with Crippen molar-refractivity contribution in [3.05, 3.63) is 30.0 Å². The fourth-order valence-corrected chi connectivity index (χ4v) is 2.76. The molecule has 0 spiro atoms. The van der Waals surface area contributed by atoms with E-state index in [9.17, 15) is 13.2 Å². The van der Waals surface area contributed by atoms with Crippen molar-refractivity contribution < 1.29 is 32.1 Å². The minimum atomic E-state index is -4.77. The van der Waals surface area contributed by atoms with Crippen molar-refractivity contribution in [2.75, 3.05) is 32.4 Å². The molecule has 0 bridgehead atoms. The van der Waals surface area contributed by atoms with Gasteiger partial charge in [0.25, 0.3) is 0 Å². The first-order chi connectivity index (χ1) is 12.9. The Bertz CT molecular complexity index is 779. The van der Waals surface area contributed by atoms with Crippen LogP contribution in [0.3, 0.4) is 0 Å². The molecule has 0 saturated carbocycles. The highest BCUT2D eigenvalue weighted by molar-refractivity contribution is 5.48. The van der Waals surface area contributed by atoms with Gasteiger partial charge in [-0.1, -0.05) is 6.07 Å². The van der Waals surface area contributed by atoms with E-state index >= 15 is 0 Å². The second-order valence-corrected chi connectivity index (χ2v) is 5.96. The van der Waals surface area contributed by atoms with Gasteiger partial charge < -0.3 is 23.8 Å². The lowest BCUT2D eigenvalue weighted by Gasteiger charge is -2.24. The van der Waals surface area contributed by atoms with Crippen molar-refractivity contribution in [3.63, 3.8) is 0 Å². The maximum absolute atomic E-state index is 12.4. The van der Waals surface area contributed by atoms with E-state index in [2.05, 4.69) is 9.72 Å². The van der Waals surface area contributed by atoms with Gasteiger partial charge in [-0.15, -0.1) is 13.2 Å². The zero-order valence-electron chi connectivity index (χ0n) is 15.0. The van der Waals surface area contributed by atoms with Crippen LogP contribution in [0.2, 0.25) is 0 Å². The maximum Gasteiger partial charge on any atom is 0.573 e. The Kier molecular flexibility index (Phi) is 5.76. The van der Waals surface area contributed by atoms with Crippen molar-refractivity contribution in [2.24, 2.45) is 0 Å². The van der Waals surface area contributed by atoms with E-state index in [1.54, 1.807) is 7.11 Å². The first-order valence-electron chi connectivity index (χ1n) is 8.28. The molecule has 0 aliphatic carbocycles. The molecule has 3 rings (SSSR count). The second kappa shape index (κ2) is 8.05. The van der Waals surface area contributed by atoms with Crippen LogP contribution in [-0.2, 0) is 22.6 Å². The number of halogens is 3. The third-order valence-corrected chi connectivity index (χ3v) is 3.88. The molecule has 1 aliphatic heterocycles. The van der Waals surface area contributed by atoms with E-state index in [0.717, 1.165) is 17.9 Å². The number of anilines is 1. The van der Waals surface area contributed by atoms with E-state index in [0.29, 0.717) is 26.5 Å². The molecule has 0 atom stereocenters. The topological polar surface area (TPSA) is 58.0 Å². The number of rotatable bonds is 7. The lowest BCUT2D eigenvalue weighted by Crippen LogP contribution is -2.27. The standard InChI is InChI=1S/C17H20F3N3O4/c1-22-11-25-10-14-15(22)21-16(23(14)7-4-8-24-2)26-12-5-3-6-13(9-12)27-17(18,19)20/h3,5-6,9H,4,7-8,10-11H2,1-2H3. The number of fused-ring (bicyclic) bond motifs is 1. The largest absolute Gasteiger partial charge is 0.573 e. The number of aromatic nitrogens is 2. The molecule has 2 aromatic rings. The number of hydrogen-bond donors (Lipinski definition) is 0. The van der Waals surface area contributed by atoms with E-state index < -0.39 is 6.36 Å². The van der Waals surface area contributed by atoms with E-state index in [4.69, 9.17) is 14.2 Å². The molecule has 0 saturated heterocycles. The van der Waals surface area contributed by atoms with Crippen LogP contribution in [0.15, 0.2) is 24.3 Å². The average Bonchev–Trinajstić information content (AvgIpc) is 2.93. The molecule has 1 aliphatic rings. The van der Waals surface area contributed by atoms with Crippen LogP contribution < -0.4 is 14.4 Å². The number of hydrogen-bond acceptors (Lipinski definition) is 6. The normalized spacial score (nSPS) is 14.2. The van der Waals surface area contributed by atoms with Gasteiger partial charge in [-0.3, -0.25) is 4.57 Å². The molecule has 1 aromatic carbocycles. The number of ether oxygens (including phenoxy) is 4. The monoisotopic (exact) mass is 387 g/mol. The molecule has 148 valence electrons. The third kappa shape index (κ3) is 4.83. The Morgan fingerprint density at radius 2 is 2.04 bits per heavy atom. The smallest absolute Gasteiger partial charge is 0.425 e. The highest BCUT2D eigenvalue weighted by Gasteiger charge is 2.31. The summed E-state index contributed by atoms with van der Waals surface area (Å²) in [6.07, 6.45) is -4.05. The summed E-state index contributed by atoms with van der Waals surface area (Å²) in [6, 6.07) is 5.61. The molecule has 0 fully saturated rings. The molecule has 0 radical (unpaired) electrons. The predicted molar refractivity (Wildman–Crippen MR) is 90.0 cm³/mol. The first-order valence-corrected chi connectivity index (χ1v) is 8.28. The Balaban J connectivity index is 1.86. The Hall–Kier alpha value is -2.46. The Morgan fingerprint density at radius 1 is 1.26 bits per heavy atom. The zero-order valence-corrected chi connectivity index (χ0v) is 15.0. The van der Waals surface area contributed by atoms with Crippen LogP contribution in [0.5, 0.6) is 17.5 Å². The Morgan fingerprint density at radius 3 is 2.78 bits per heavy atom. The number of alkyl halides is 3. The summed E-state index contributed by atoms with van der Waals surface area (Å²) in [5.41, 5.74) is 0.845. The van der Waals surface area contributed by atoms with Crippen molar-refractivity contribution in [3.8, 4) is 17.5 Å². The SMILES string of the molecule is COCCCn1c(Oc2cccc(OC(F)(F)F)c2)nc2c1COCN2C. The van der Waals surface area contributed by atoms with Crippen molar-refractivity contribution in [1.29, 1.82) is 0 Å². The van der Waals surface area contributed by atoms with E-state index in [1.807, 2.05) is 16.5 Å². The quantitative estimate of drug-likeness (QED) is 0.678. The third-order valence-electron chi connectivity index (χ3n) is 3.88. The van der Waals surface area contributed by atoms with Gasteiger partial charge in [-0.25, -0.2) is 0 Å². The number of benzene rings is 1. The second-order valence-electron chi connectivity index (χ2n) is 5.96. The maximum atomic E-state index is 12.4. The fraction of sp³-hybridized carbons (Fsp3) is 0.471. The Labute approximate surface area is 154 Å². The zero-order chi connectivity index (χ0) is 19.4. The summed E-state index contributed by atoms with van der Waals surface area (Å²) in [5, 5.41) is 0. The highest BCUT2D eigenvalue weighted by Crippen LogP contribution is 2.33. The molecular formula is C17H20F3N3O4. The number of imidazole rings is 1. The van der Waals surface area contributed by atoms with E-state index in [-0.39, 0.29) is 17.5 Å². The van der Waals surface area contributed by atoms with Crippen LogP contribution in [0.4, 0.5) is 19.0 Å². The summed E-state index contributed by atoms with van der Waals surface area (Å²) in [7, 11) is 3.45. The lowest BCUT2D eigenvalue weighted by molar-refractivity contribution is -0.274. The molecule has 27 heavy (non-hydrogen) atoms. The number of nitrogens with zero attached hydrogens (tertiary/aromatic N) is 3. The molecule has 10 heteroatoms. The average molecular weight is 387 g/mol. The van der Waals surface area contributed by atoms with Crippen LogP contribution in [0.1, 0.15) is 12.1 Å². The van der Waals surface area contributed by atoms with Gasteiger partial charge in [0.05, 0.1) is 12.3 Å². The van der Waals surface area contributed by atoms with Crippen LogP contribution in [-0.4, -0.2) is 43.4 Å². The molecule has 0 N–H and O–H groups in total. The molecule has 0 amide bonds. The van der Waals surface area contributed by atoms with Gasteiger partial charge in [-0.2, -0.15) is 4.98 Å². The van der Waals surface area contributed by atoms with Gasteiger partial charge in [0.2, 0.25) is 0 Å². The minimum absolute atomic E-state index is 0.190. The summed E-state index contributed by atoms with van der Waals surface area (Å²) < 4.78 is 59.4. The van der Waals surface area contributed by atoms with Crippen molar-refractivity contribution in [2.45, 2.75) is 25.9 Å². The lowest BCUT2D eigenvalue weighted by atomic mass is 10.3. The van der Waals surface area contributed by atoms with Gasteiger partial charge >= 0.3 is 12.4 Å². The van der Waals surface area contributed by atoms with Crippen LogP contribution in [0, 0.1) is 0 Å². The van der Waals surface area contributed by atoms with Crippen molar-refractivity contribution >= 4 is 5.82 Å². The van der Waals surface area contributed by atoms with Gasteiger partial charge in [0, 0.05) is 33.4 Å². The molecular weight excluding hydrogens is 367 g/mol. The van der Waals surface area contributed by atoms with Crippen LogP contribution >= 0.6 is 0 Å². The first kappa shape index (κ1) is 19.3. The van der Waals surface area contributed by atoms with Gasteiger partial charge in [0.1, 0.15) is 18.2 Å². The number of methoxy groups -OCH3 is 1. The van der Waals surface area contributed by atoms with Crippen LogP contribution in [0.25, 0.3) is 0 Å². The van der Waals surface area contributed by atoms with Gasteiger partial charge in [0.15, 0.2) is 5.82 Å². The summed E-state index contributed by atoms with van der Waals surface area (Å²) >= 11 is 0.